The van der Waals surface area contributed by atoms with Gasteiger partial charge in [-0.05, 0) is 57.9 Å². The van der Waals surface area contributed by atoms with Crippen molar-refractivity contribution in [2.45, 2.75) is 57.6 Å². The summed E-state index contributed by atoms with van der Waals surface area (Å²) in [5.74, 6) is 0.107. The molecule has 1 atom stereocenters. The van der Waals surface area contributed by atoms with Crippen LogP contribution in [-0.2, 0) is 16.1 Å². The van der Waals surface area contributed by atoms with Crippen LogP contribution in [0.2, 0.25) is 0 Å². The molecule has 0 aliphatic carbocycles. The van der Waals surface area contributed by atoms with Crippen molar-refractivity contribution in [3.63, 3.8) is 0 Å². The second-order valence-electron chi connectivity index (χ2n) is 7.97. The van der Waals surface area contributed by atoms with Gasteiger partial charge < -0.3 is 10.2 Å². The summed E-state index contributed by atoms with van der Waals surface area (Å²) in [6.45, 7) is 10.1. The fraction of sp³-hybridized carbons (Fsp3) is 0.391. The summed E-state index contributed by atoms with van der Waals surface area (Å²) < 4.78 is 0. The normalized spacial score (nSPS) is 12.3. The predicted octanol–water partition coefficient (Wildman–Crippen LogP) is 4.42. The Balaban J connectivity index is 2.18. The molecule has 0 unspecified atom stereocenters. The second-order valence-corrected chi connectivity index (χ2v) is 9.01. The minimum Gasteiger partial charge on any atom is -0.350 e. The first-order valence-electron chi connectivity index (χ1n) is 9.51. The van der Waals surface area contributed by atoms with E-state index in [0.717, 1.165) is 16.0 Å². The number of carbonyl (C=O) groups excluding carboxylic acids is 2. The van der Waals surface area contributed by atoms with E-state index in [1.165, 1.54) is 11.8 Å². The molecule has 4 nitrogen and oxygen atoms in total. The number of aryl methyl sites for hydroxylation is 1. The molecule has 0 fully saturated rings. The van der Waals surface area contributed by atoms with Gasteiger partial charge >= 0.3 is 0 Å². The van der Waals surface area contributed by atoms with Gasteiger partial charge in [-0.15, -0.1) is 11.8 Å². The van der Waals surface area contributed by atoms with Gasteiger partial charge in [0.2, 0.25) is 11.8 Å². The third-order valence-electron chi connectivity index (χ3n) is 4.37. The number of benzene rings is 2. The third kappa shape index (κ3) is 6.71. The van der Waals surface area contributed by atoms with Gasteiger partial charge in [0.05, 0.1) is 5.75 Å². The smallest absolute Gasteiger partial charge is 0.242 e. The van der Waals surface area contributed by atoms with Gasteiger partial charge in [0.1, 0.15) is 6.04 Å². The predicted molar refractivity (Wildman–Crippen MR) is 116 cm³/mol. The molecule has 0 saturated carbocycles. The first-order chi connectivity index (χ1) is 13.2. The van der Waals surface area contributed by atoms with Gasteiger partial charge in [-0.3, -0.25) is 9.59 Å². The summed E-state index contributed by atoms with van der Waals surface area (Å²) in [6.07, 6.45) is 0. The summed E-state index contributed by atoms with van der Waals surface area (Å²) in [5.41, 5.74) is 1.82. The fourth-order valence-corrected chi connectivity index (χ4v) is 3.58. The maximum absolute atomic E-state index is 13.1. The van der Waals surface area contributed by atoms with Crippen molar-refractivity contribution in [3.05, 3.63) is 65.7 Å². The molecule has 0 heterocycles. The number of rotatable bonds is 7. The van der Waals surface area contributed by atoms with E-state index < -0.39 is 6.04 Å². The highest BCUT2D eigenvalue weighted by Crippen LogP contribution is 2.20. The van der Waals surface area contributed by atoms with Crippen LogP contribution in [0.15, 0.2) is 59.5 Å². The van der Waals surface area contributed by atoms with Crippen molar-refractivity contribution < 1.29 is 9.59 Å². The second kappa shape index (κ2) is 9.78. The quantitative estimate of drug-likeness (QED) is 0.703. The lowest BCUT2D eigenvalue weighted by atomic mass is 10.1. The van der Waals surface area contributed by atoms with Gasteiger partial charge in [-0.1, -0.05) is 42.5 Å². The van der Waals surface area contributed by atoms with Gasteiger partial charge in [0, 0.05) is 17.0 Å². The molecule has 150 valence electrons. The van der Waals surface area contributed by atoms with E-state index in [4.69, 9.17) is 0 Å². The highest BCUT2D eigenvalue weighted by Gasteiger charge is 2.28. The van der Waals surface area contributed by atoms with Crippen LogP contribution in [0.1, 0.15) is 38.8 Å². The van der Waals surface area contributed by atoms with Crippen LogP contribution in [0, 0.1) is 6.92 Å². The van der Waals surface area contributed by atoms with E-state index in [1.807, 2.05) is 82.3 Å². The molecule has 1 N–H and O–H groups in total. The van der Waals surface area contributed by atoms with Crippen molar-refractivity contribution in [2.75, 3.05) is 5.75 Å². The Hall–Kier alpha value is -2.27. The van der Waals surface area contributed by atoms with Crippen molar-refractivity contribution in [2.24, 2.45) is 0 Å². The number of nitrogens with zero attached hydrogens (tertiary/aromatic N) is 1. The molecule has 0 aliphatic heterocycles. The Morgan fingerprint density at radius 1 is 1.04 bits per heavy atom. The Morgan fingerprint density at radius 2 is 1.64 bits per heavy atom. The van der Waals surface area contributed by atoms with E-state index in [2.05, 4.69) is 5.32 Å². The lowest BCUT2D eigenvalue weighted by molar-refractivity contribution is -0.139. The lowest BCUT2D eigenvalue weighted by Crippen LogP contribution is -2.52. The third-order valence-corrected chi connectivity index (χ3v) is 5.37. The molecule has 0 aromatic heterocycles. The Bertz CT molecular complexity index is 800. The molecule has 2 rings (SSSR count). The number of nitrogens with one attached hydrogen (secondary N) is 1. The van der Waals surface area contributed by atoms with Crippen LogP contribution in [-0.4, -0.2) is 34.0 Å². The fourth-order valence-electron chi connectivity index (χ4n) is 2.77. The van der Waals surface area contributed by atoms with Gasteiger partial charge in [-0.2, -0.15) is 0 Å². The van der Waals surface area contributed by atoms with Crippen LogP contribution < -0.4 is 5.32 Å². The van der Waals surface area contributed by atoms with Crippen LogP contribution in [0.5, 0.6) is 0 Å². The SMILES string of the molecule is Cc1ccccc1CN(C(=O)CSc1ccccc1)[C@H](C)C(=O)NC(C)(C)C. The first-order valence-corrected chi connectivity index (χ1v) is 10.5. The zero-order valence-electron chi connectivity index (χ0n) is 17.4. The minimum absolute atomic E-state index is 0.0475. The van der Waals surface area contributed by atoms with Crippen molar-refractivity contribution >= 4 is 23.6 Å². The van der Waals surface area contributed by atoms with E-state index in [0.29, 0.717) is 12.3 Å². The average molecular weight is 399 g/mol. The van der Waals surface area contributed by atoms with Gasteiger partial charge in [-0.25, -0.2) is 0 Å². The van der Waals surface area contributed by atoms with E-state index in [1.54, 1.807) is 11.8 Å². The summed E-state index contributed by atoms with van der Waals surface area (Å²) in [6, 6.07) is 17.3. The number of amides is 2. The minimum atomic E-state index is -0.553. The van der Waals surface area contributed by atoms with E-state index in [-0.39, 0.29) is 17.4 Å². The van der Waals surface area contributed by atoms with Crippen LogP contribution >= 0.6 is 11.8 Å². The maximum Gasteiger partial charge on any atom is 0.242 e. The summed E-state index contributed by atoms with van der Waals surface area (Å²) in [4.78, 5) is 28.5. The molecule has 28 heavy (non-hydrogen) atoms. The molecule has 0 spiro atoms. The molecule has 2 aromatic carbocycles. The molecule has 2 amide bonds. The summed E-state index contributed by atoms with van der Waals surface area (Å²) in [7, 11) is 0. The summed E-state index contributed by atoms with van der Waals surface area (Å²) >= 11 is 1.49. The standard InChI is InChI=1S/C23H30N2O2S/c1-17-11-9-10-12-19(17)15-25(18(2)22(27)24-23(3,4)5)21(26)16-28-20-13-7-6-8-14-20/h6-14,18H,15-16H2,1-5H3,(H,24,27)/t18-/m1/s1. The maximum atomic E-state index is 13.1. The molecule has 0 radical (unpaired) electrons. The van der Waals surface area contributed by atoms with Crippen molar-refractivity contribution in [1.29, 1.82) is 0 Å². The number of thioether (sulfide) groups is 1. The summed E-state index contributed by atoms with van der Waals surface area (Å²) in [5, 5.41) is 2.99. The van der Waals surface area contributed by atoms with Gasteiger partial charge in [0.25, 0.3) is 0 Å². The highest BCUT2D eigenvalue weighted by molar-refractivity contribution is 8.00. The van der Waals surface area contributed by atoms with Crippen molar-refractivity contribution in [3.8, 4) is 0 Å². The molecule has 0 saturated heterocycles. The number of carbonyl (C=O) groups is 2. The molecule has 5 heteroatoms. The molecular weight excluding hydrogens is 368 g/mol. The van der Waals surface area contributed by atoms with Crippen LogP contribution in [0.3, 0.4) is 0 Å². The van der Waals surface area contributed by atoms with Gasteiger partial charge in [0.15, 0.2) is 0 Å². The molecule has 0 aliphatic rings. The Morgan fingerprint density at radius 3 is 2.25 bits per heavy atom. The first kappa shape index (κ1) is 22.0. The molecule has 0 bridgehead atoms. The van der Waals surface area contributed by atoms with Crippen LogP contribution in [0.4, 0.5) is 0 Å². The lowest BCUT2D eigenvalue weighted by Gasteiger charge is -2.31. The number of hydrogen-bond acceptors (Lipinski definition) is 3. The van der Waals surface area contributed by atoms with Crippen molar-refractivity contribution in [1.82, 2.24) is 10.2 Å². The largest absolute Gasteiger partial charge is 0.350 e. The van der Waals surface area contributed by atoms with E-state index in [9.17, 15) is 9.59 Å². The zero-order valence-corrected chi connectivity index (χ0v) is 18.2. The average Bonchev–Trinajstić information content (AvgIpc) is 2.64. The molecule has 2 aromatic rings. The van der Waals surface area contributed by atoms with E-state index >= 15 is 0 Å². The topological polar surface area (TPSA) is 49.4 Å². The molecular formula is C23H30N2O2S. The monoisotopic (exact) mass is 398 g/mol. The Kier molecular flexibility index (Phi) is 7.69. The number of hydrogen-bond donors (Lipinski definition) is 1. The highest BCUT2D eigenvalue weighted by atomic mass is 32.2. The zero-order chi connectivity index (χ0) is 20.7. The Labute approximate surface area is 172 Å². The van der Waals surface area contributed by atoms with Crippen LogP contribution in [0.25, 0.3) is 0 Å².